The topological polar surface area (TPSA) is 106 Å². The van der Waals surface area contributed by atoms with Crippen molar-refractivity contribution < 1.29 is 32.3 Å². The van der Waals surface area contributed by atoms with Crippen molar-refractivity contribution in [1.82, 2.24) is 9.97 Å². The molecule has 2 aromatic heterocycles. The van der Waals surface area contributed by atoms with E-state index in [4.69, 9.17) is 57.2 Å². The molecule has 240 valence electrons. The van der Waals surface area contributed by atoms with Gasteiger partial charge in [-0.3, -0.25) is 9.78 Å². The quantitative estimate of drug-likeness (QED) is 0.140. The van der Waals surface area contributed by atoms with Gasteiger partial charge in [0, 0.05) is 46.4 Å². The van der Waals surface area contributed by atoms with E-state index in [0.29, 0.717) is 16.1 Å². The smallest absolute Gasteiger partial charge is 0.354 e. The maximum Gasteiger partial charge on any atom is 0.354 e. The largest absolute Gasteiger partial charge is 0.477 e. The molecule has 0 spiro atoms. The van der Waals surface area contributed by atoms with Crippen LogP contribution in [-0.2, 0) is 11.8 Å². The van der Waals surface area contributed by atoms with Crippen LogP contribution >= 0.6 is 46.4 Å². The number of carboxylic acids is 1. The van der Waals surface area contributed by atoms with E-state index in [1.54, 1.807) is 38.1 Å². The Balaban J connectivity index is 0.000000259. The number of nitrogens with two attached hydrogens (primary N) is 1. The standard InChI is InChI=1S/C16H13Cl2F2NO.C8H7Cl2F2N.C7H7NO2/c1-10-3-2-8-21-15(10)14(22)6-7-16(19,20)12-5-4-11(17)9-13(12)18;9-5-1-2-6(7(10)3-5)8(11,12)4-13;1-5-3-2-4-8-6(5)7(9)10/h2-5,8-9H,6-7H2,1H3;1-3H,4,13H2;2-4H,1H3,(H,9,10). The number of halogens is 8. The monoisotopic (exact) mass is 705 g/mol. The van der Waals surface area contributed by atoms with Crippen molar-refractivity contribution in [3.63, 3.8) is 0 Å². The number of alkyl halides is 4. The van der Waals surface area contributed by atoms with Gasteiger partial charge in [0.1, 0.15) is 5.69 Å². The number of carboxylic acid groups (broad SMARTS) is 1. The Labute approximate surface area is 277 Å². The lowest BCUT2D eigenvalue weighted by atomic mass is 10.00. The number of benzene rings is 2. The van der Waals surface area contributed by atoms with Crippen molar-refractivity contribution in [3.8, 4) is 0 Å². The average molecular weight is 707 g/mol. The molecule has 0 atom stereocenters. The molecule has 0 bridgehead atoms. The van der Waals surface area contributed by atoms with Gasteiger partial charge in [-0.2, -0.15) is 8.78 Å². The number of rotatable bonds is 8. The van der Waals surface area contributed by atoms with Crippen LogP contribution in [-0.4, -0.2) is 33.4 Å². The molecule has 2 heterocycles. The van der Waals surface area contributed by atoms with E-state index < -0.39 is 36.6 Å². The first-order valence-corrected chi connectivity index (χ1v) is 14.5. The van der Waals surface area contributed by atoms with Crippen molar-refractivity contribution in [2.75, 3.05) is 6.54 Å². The highest BCUT2D eigenvalue weighted by molar-refractivity contribution is 6.35. The molecular weight excluding hydrogens is 680 g/mol. The highest BCUT2D eigenvalue weighted by Gasteiger charge is 2.34. The maximum atomic E-state index is 14.2. The fourth-order valence-corrected chi connectivity index (χ4v) is 4.79. The third-order valence-corrected chi connectivity index (χ3v) is 7.15. The molecule has 0 saturated heterocycles. The maximum absolute atomic E-state index is 14.2. The van der Waals surface area contributed by atoms with Gasteiger partial charge in [0.05, 0.1) is 16.6 Å². The number of aryl methyl sites for hydroxylation is 2. The van der Waals surface area contributed by atoms with Crippen LogP contribution in [0.5, 0.6) is 0 Å². The van der Waals surface area contributed by atoms with Crippen LogP contribution in [0.2, 0.25) is 20.1 Å². The Morgan fingerprint density at radius 1 is 0.756 bits per heavy atom. The van der Waals surface area contributed by atoms with E-state index in [1.165, 1.54) is 48.8 Å². The Morgan fingerprint density at radius 2 is 1.20 bits per heavy atom. The third-order valence-electron chi connectivity index (χ3n) is 6.06. The van der Waals surface area contributed by atoms with Gasteiger partial charge in [-0.15, -0.1) is 0 Å². The van der Waals surface area contributed by atoms with Crippen molar-refractivity contribution >= 4 is 58.2 Å². The van der Waals surface area contributed by atoms with Crippen LogP contribution in [0.3, 0.4) is 0 Å². The molecule has 6 nitrogen and oxygen atoms in total. The molecule has 0 unspecified atom stereocenters. The summed E-state index contributed by atoms with van der Waals surface area (Å²) < 4.78 is 54.5. The molecule has 0 saturated carbocycles. The number of aromatic nitrogens is 2. The van der Waals surface area contributed by atoms with Crippen LogP contribution < -0.4 is 5.73 Å². The number of ketones is 1. The Hall–Kier alpha value is -3.28. The lowest BCUT2D eigenvalue weighted by Crippen LogP contribution is -2.25. The fourth-order valence-electron chi connectivity index (χ4n) is 3.69. The molecule has 45 heavy (non-hydrogen) atoms. The highest BCUT2D eigenvalue weighted by Crippen LogP contribution is 2.38. The first-order valence-electron chi connectivity index (χ1n) is 13.0. The number of hydrogen-bond acceptors (Lipinski definition) is 5. The number of aromatic carboxylic acids is 1. The zero-order valence-corrected chi connectivity index (χ0v) is 26.8. The zero-order chi connectivity index (χ0) is 33.9. The fraction of sp³-hybridized carbons (Fsp3) is 0.226. The summed E-state index contributed by atoms with van der Waals surface area (Å²) in [4.78, 5) is 30.0. The number of carbonyl (C=O) groups excluding carboxylic acids is 1. The van der Waals surface area contributed by atoms with Crippen molar-refractivity contribution in [2.24, 2.45) is 5.73 Å². The van der Waals surface area contributed by atoms with Gasteiger partial charge in [-0.25, -0.2) is 18.6 Å². The molecule has 0 fully saturated rings. The van der Waals surface area contributed by atoms with E-state index in [9.17, 15) is 27.2 Å². The Morgan fingerprint density at radius 3 is 1.58 bits per heavy atom. The predicted octanol–water partition coefficient (Wildman–Crippen LogP) is 9.58. The van der Waals surface area contributed by atoms with Gasteiger partial charge in [0.25, 0.3) is 11.8 Å². The number of carbonyl (C=O) groups is 2. The molecule has 0 aliphatic carbocycles. The predicted molar refractivity (Wildman–Crippen MR) is 168 cm³/mol. The molecule has 0 aliphatic rings. The molecule has 2 aromatic carbocycles. The molecule has 14 heteroatoms. The summed E-state index contributed by atoms with van der Waals surface area (Å²) in [7, 11) is 0. The van der Waals surface area contributed by atoms with Crippen molar-refractivity contribution in [1.29, 1.82) is 0 Å². The minimum atomic E-state index is -3.21. The second-order valence-electron chi connectivity index (χ2n) is 9.43. The molecule has 3 N–H and O–H groups in total. The summed E-state index contributed by atoms with van der Waals surface area (Å²) >= 11 is 22.6. The van der Waals surface area contributed by atoms with Crippen LogP contribution in [0.1, 0.15) is 56.1 Å². The number of pyridine rings is 2. The normalized spacial score (nSPS) is 11.1. The summed E-state index contributed by atoms with van der Waals surface area (Å²) in [5.41, 5.74) is 5.99. The van der Waals surface area contributed by atoms with Crippen LogP contribution in [0, 0.1) is 13.8 Å². The van der Waals surface area contributed by atoms with E-state index in [0.717, 1.165) is 0 Å². The minimum Gasteiger partial charge on any atom is -0.477 e. The molecule has 4 rings (SSSR count). The molecule has 4 aromatic rings. The third kappa shape index (κ3) is 11.2. The van der Waals surface area contributed by atoms with Gasteiger partial charge in [-0.1, -0.05) is 70.7 Å². The number of Topliss-reactive ketones (excluding diaryl/α,β-unsaturated/α-hetero) is 1. The molecule has 0 amide bonds. The first-order chi connectivity index (χ1) is 21.0. The lowest BCUT2D eigenvalue weighted by molar-refractivity contribution is -0.0140. The highest BCUT2D eigenvalue weighted by atomic mass is 35.5. The molecule has 0 aliphatic heterocycles. The summed E-state index contributed by atoms with van der Waals surface area (Å²) in [5, 5.41) is 8.93. The number of hydrogen-bond donors (Lipinski definition) is 2. The van der Waals surface area contributed by atoms with E-state index >= 15 is 0 Å². The van der Waals surface area contributed by atoms with E-state index in [-0.39, 0.29) is 44.0 Å². The van der Waals surface area contributed by atoms with Gasteiger partial charge < -0.3 is 10.8 Å². The van der Waals surface area contributed by atoms with Gasteiger partial charge in [0.15, 0.2) is 11.5 Å². The van der Waals surface area contributed by atoms with Gasteiger partial charge >= 0.3 is 5.97 Å². The second kappa shape index (κ2) is 16.9. The summed E-state index contributed by atoms with van der Waals surface area (Å²) in [6.45, 7) is 2.67. The lowest BCUT2D eigenvalue weighted by Gasteiger charge is -2.18. The van der Waals surface area contributed by atoms with Gasteiger partial charge in [-0.05, 0) is 61.4 Å². The number of nitrogens with zero attached hydrogens (tertiary/aromatic N) is 2. The summed E-state index contributed by atoms with van der Waals surface area (Å²) in [6, 6.07) is 14.4. The van der Waals surface area contributed by atoms with Crippen LogP contribution in [0.4, 0.5) is 17.6 Å². The molecule has 0 radical (unpaired) electrons. The van der Waals surface area contributed by atoms with Crippen molar-refractivity contribution in [3.05, 3.63) is 127 Å². The van der Waals surface area contributed by atoms with Crippen molar-refractivity contribution in [2.45, 2.75) is 38.5 Å². The van der Waals surface area contributed by atoms with E-state index in [1.807, 2.05) is 0 Å². The van der Waals surface area contributed by atoms with Gasteiger partial charge in [0.2, 0.25) is 0 Å². The first kappa shape index (κ1) is 37.9. The second-order valence-corrected chi connectivity index (χ2v) is 11.1. The average Bonchev–Trinajstić information content (AvgIpc) is 2.96. The minimum absolute atomic E-state index is 0.0667. The van der Waals surface area contributed by atoms with E-state index in [2.05, 4.69) is 9.97 Å². The SMILES string of the molecule is Cc1cccnc1C(=O)CCC(F)(F)c1ccc(Cl)cc1Cl.Cc1cccnc1C(=O)O.NCC(F)(F)c1ccc(Cl)cc1Cl. The zero-order valence-electron chi connectivity index (χ0n) is 23.8. The molecular formula is C31H27Cl4F4N3O3. The summed E-state index contributed by atoms with van der Waals surface area (Å²) in [5.74, 6) is -7.69. The Kier molecular flexibility index (Phi) is 14.2. The van der Waals surface area contributed by atoms with Crippen LogP contribution in [0.25, 0.3) is 0 Å². The van der Waals surface area contributed by atoms with Crippen LogP contribution in [0.15, 0.2) is 73.1 Å². The Bertz CT molecular complexity index is 1640. The summed E-state index contributed by atoms with van der Waals surface area (Å²) in [6.07, 6.45) is 1.98.